The third-order valence-corrected chi connectivity index (χ3v) is 5.65. The van der Waals surface area contributed by atoms with Gasteiger partial charge in [0.2, 0.25) is 0 Å². The van der Waals surface area contributed by atoms with E-state index in [9.17, 15) is 25.3 Å². The smallest absolute Gasteiger partial charge is 0.264 e. The van der Waals surface area contributed by atoms with Gasteiger partial charge in [-0.25, -0.2) is 8.42 Å². The van der Waals surface area contributed by atoms with Crippen LogP contribution in [0, 0.1) is 0 Å². The lowest BCUT2D eigenvalue weighted by Crippen LogP contribution is -2.14. The van der Waals surface area contributed by atoms with Crippen LogP contribution in [0.5, 0.6) is 0 Å². The topological polar surface area (TPSA) is 143 Å². The van der Waals surface area contributed by atoms with Crippen molar-refractivity contribution in [3.05, 3.63) is 0 Å². The summed E-state index contributed by atoms with van der Waals surface area (Å²) in [5.41, 5.74) is 0. The number of hydrogen-bond acceptors (Lipinski definition) is 6. The monoisotopic (exact) mass is 338 g/mol. The van der Waals surface area contributed by atoms with E-state index in [1.54, 1.807) is 0 Å². The van der Waals surface area contributed by atoms with Crippen molar-refractivity contribution < 1.29 is 34.4 Å². The molecule has 0 radical (unpaired) electrons. The zero-order valence-corrected chi connectivity index (χ0v) is 12.7. The van der Waals surface area contributed by atoms with E-state index in [4.69, 9.17) is 9.11 Å². The maximum absolute atomic E-state index is 11.5. The predicted molar refractivity (Wildman–Crippen MR) is 70.0 cm³/mol. The van der Waals surface area contributed by atoms with E-state index in [1.807, 2.05) is 0 Å². The number of rotatable bonds is 10. The van der Waals surface area contributed by atoms with E-state index in [-0.39, 0.29) is 37.2 Å². The Kier molecular flexibility index (Phi) is 7.43. The fraction of sp³-hybridized carbons (Fsp3) is 1.00. The highest BCUT2D eigenvalue weighted by Gasteiger charge is 2.13. The fourth-order valence-corrected chi connectivity index (χ4v) is 3.94. The van der Waals surface area contributed by atoms with Crippen molar-refractivity contribution in [2.45, 2.75) is 25.7 Å². The zero-order chi connectivity index (χ0) is 15.2. The molecule has 0 unspecified atom stereocenters. The Labute approximate surface area is 113 Å². The average molecular weight is 338 g/mol. The van der Waals surface area contributed by atoms with Gasteiger partial charge in [-0.05, 0) is 25.7 Å². The van der Waals surface area contributed by atoms with E-state index in [1.165, 1.54) is 0 Å². The highest BCUT2D eigenvalue weighted by molar-refractivity contribution is 7.91. The van der Waals surface area contributed by atoms with Crippen molar-refractivity contribution in [1.82, 2.24) is 0 Å². The molecule has 8 nitrogen and oxygen atoms in total. The van der Waals surface area contributed by atoms with Crippen LogP contribution in [0.25, 0.3) is 0 Å². The van der Waals surface area contributed by atoms with Gasteiger partial charge >= 0.3 is 0 Å². The number of hydrogen-bond donors (Lipinski definition) is 2. The molecule has 116 valence electrons. The van der Waals surface area contributed by atoms with Crippen molar-refractivity contribution >= 4 is 30.1 Å². The molecule has 0 fully saturated rings. The fourth-order valence-electron chi connectivity index (χ4n) is 1.31. The van der Waals surface area contributed by atoms with Crippen molar-refractivity contribution in [1.29, 1.82) is 0 Å². The van der Waals surface area contributed by atoms with Crippen molar-refractivity contribution in [2.75, 3.05) is 23.0 Å². The molecular weight excluding hydrogens is 320 g/mol. The van der Waals surface area contributed by atoms with Gasteiger partial charge < -0.3 is 0 Å². The lowest BCUT2D eigenvalue weighted by atomic mass is 10.4. The maximum Gasteiger partial charge on any atom is 0.264 e. The third kappa shape index (κ3) is 14.0. The summed E-state index contributed by atoms with van der Waals surface area (Å²) in [7, 11) is -11.5. The lowest BCUT2D eigenvalue weighted by molar-refractivity contribution is 0.478. The predicted octanol–water partition coefficient (Wildman–Crippen LogP) is -0.263. The van der Waals surface area contributed by atoms with Gasteiger partial charge in [0.25, 0.3) is 20.2 Å². The third-order valence-electron chi connectivity index (χ3n) is 2.22. The van der Waals surface area contributed by atoms with E-state index in [0.717, 1.165) is 0 Å². The molecule has 0 amide bonds. The standard InChI is InChI=1S/C8H18O8S3/c9-17(10,5-1-3-7-18(11,12)13)6-2-4-8-19(14,15)16/h1-8H2,(H,11,12,13)(H,14,15,16). The molecule has 0 spiro atoms. The molecule has 0 aliphatic carbocycles. The molecule has 0 bridgehead atoms. The van der Waals surface area contributed by atoms with Crippen LogP contribution in [0.3, 0.4) is 0 Å². The molecular formula is C8H18O8S3. The Morgan fingerprint density at radius 1 is 0.526 bits per heavy atom. The molecule has 0 aliphatic rings. The minimum absolute atomic E-state index is 0.0447. The van der Waals surface area contributed by atoms with Gasteiger partial charge in [0.15, 0.2) is 0 Å². The van der Waals surface area contributed by atoms with E-state index in [0.29, 0.717) is 0 Å². The Hall–Kier alpha value is -0.230. The minimum Gasteiger partial charge on any atom is -0.286 e. The number of sulfone groups is 1. The second-order valence-electron chi connectivity index (χ2n) is 4.14. The van der Waals surface area contributed by atoms with E-state index >= 15 is 0 Å². The van der Waals surface area contributed by atoms with E-state index in [2.05, 4.69) is 0 Å². The van der Waals surface area contributed by atoms with Crippen LogP contribution in [0.4, 0.5) is 0 Å². The Morgan fingerprint density at radius 2 is 0.789 bits per heavy atom. The first-order valence-corrected chi connectivity index (χ1v) is 10.6. The number of unbranched alkanes of at least 4 members (excludes halogenated alkanes) is 2. The van der Waals surface area contributed by atoms with Crippen molar-refractivity contribution in [2.24, 2.45) is 0 Å². The summed E-state index contributed by atoms with van der Waals surface area (Å²) in [4.78, 5) is 0. The summed E-state index contributed by atoms with van der Waals surface area (Å²) >= 11 is 0. The highest BCUT2D eigenvalue weighted by atomic mass is 32.2. The van der Waals surface area contributed by atoms with Crippen molar-refractivity contribution in [3.8, 4) is 0 Å². The second-order valence-corrected chi connectivity index (χ2v) is 9.59. The summed E-state index contributed by atoms with van der Waals surface area (Å²) in [5, 5.41) is 0. The zero-order valence-electron chi connectivity index (χ0n) is 10.2. The molecule has 0 aliphatic heterocycles. The Balaban J connectivity index is 3.88. The van der Waals surface area contributed by atoms with Gasteiger partial charge in [0, 0.05) is 0 Å². The normalized spacial score (nSPS) is 13.6. The molecule has 2 N–H and O–H groups in total. The largest absolute Gasteiger partial charge is 0.286 e. The molecule has 0 rings (SSSR count). The van der Waals surface area contributed by atoms with Gasteiger partial charge in [0.1, 0.15) is 9.84 Å². The summed E-state index contributed by atoms with van der Waals surface area (Å²) in [6.07, 6.45) is 0.313. The van der Waals surface area contributed by atoms with Gasteiger partial charge in [-0.2, -0.15) is 16.8 Å². The summed E-state index contributed by atoms with van der Waals surface area (Å²) in [6, 6.07) is 0. The molecule has 0 saturated carbocycles. The SMILES string of the molecule is O=S(=O)(O)CCCCS(=O)(=O)CCCCS(=O)(=O)O. The molecule has 0 saturated heterocycles. The highest BCUT2D eigenvalue weighted by Crippen LogP contribution is 2.04. The quantitative estimate of drug-likeness (QED) is 0.409. The van der Waals surface area contributed by atoms with Crippen LogP contribution in [-0.2, 0) is 30.1 Å². The molecule has 11 heteroatoms. The minimum atomic E-state index is -4.07. The molecule has 19 heavy (non-hydrogen) atoms. The van der Waals surface area contributed by atoms with Crippen LogP contribution < -0.4 is 0 Å². The maximum atomic E-state index is 11.5. The van der Waals surface area contributed by atoms with Crippen LogP contribution in [-0.4, -0.2) is 57.4 Å². The first kappa shape index (κ1) is 18.8. The summed E-state index contributed by atoms with van der Waals surface area (Å²) in [5.74, 6) is -1.39. The van der Waals surface area contributed by atoms with Crippen LogP contribution in [0.15, 0.2) is 0 Å². The van der Waals surface area contributed by atoms with Crippen LogP contribution in [0.2, 0.25) is 0 Å². The van der Waals surface area contributed by atoms with Gasteiger partial charge in [-0.15, -0.1) is 0 Å². The Morgan fingerprint density at radius 3 is 1.05 bits per heavy atom. The Bertz CT molecular complexity index is 511. The summed E-state index contributed by atoms with van der Waals surface area (Å²) in [6.45, 7) is 0. The van der Waals surface area contributed by atoms with E-state index < -0.39 is 41.6 Å². The molecule has 0 aromatic heterocycles. The molecule has 0 aromatic rings. The lowest BCUT2D eigenvalue weighted by Gasteiger charge is -2.03. The second kappa shape index (κ2) is 7.53. The first-order chi connectivity index (χ1) is 8.41. The van der Waals surface area contributed by atoms with Gasteiger partial charge in [-0.1, -0.05) is 0 Å². The van der Waals surface area contributed by atoms with Crippen molar-refractivity contribution in [3.63, 3.8) is 0 Å². The van der Waals surface area contributed by atoms with Gasteiger partial charge in [-0.3, -0.25) is 9.11 Å². The van der Waals surface area contributed by atoms with Gasteiger partial charge in [0.05, 0.1) is 23.0 Å². The molecule has 0 atom stereocenters. The summed E-state index contributed by atoms with van der Waals surface area (Å²) < 4.78 is 81.3. The average Bonchev–Trinajstić information content (AvgIpc) is 2.17. The molecule has 0 aromatic carbocycles. The van der Waals surface area contributed by atoms with Crippen LogP contribution in [0.1, 0.15) is 25.7 Å². The molecule has 0 heterocycles. The first-order valence-electron chi connectivity index (χ1n) is 5.52. The van der Waals surface area contributed by atoms with Crippen LogP contribution >= 0.6 is 0 Å².